The van der Waals surface area contributed by atoms with Crippen LogP contribution in [0, 0.1) is 0 Å². The second-order valence-corrected chi connectivity index (χ2v) is 6.53. The maximum atomic E-state index is 12.2. The van der Waals surface area contributed by atoms with Crippen molar-refractivity contribution in [3.8, 4) is 11.5 Å². The number of hydrogen-bond acceptors (Lipinski definition) is 5. The van der Waals surface area contributed by atoms with E-state index >= 15 is 0 Å². The molecule has 7 heteroatoms. The average molecular weight is 375 g/mol. The Bertz CT molecular complexity index is 863. The van der Waals surface area contributed by atoms with E-state index in [0.717, 1.165) is 17.0 Å². The summed E-state index contributed by atoms with van der Waals surface area (Å²) in [5.74, 6) is 1.19. The van der Waals surface area contributed by atoms with Crippen LogP contribution in [0.15, 0.2) is 52.4 Å². The molecule has 128 valence electrons. The van der Waals surface area contributed by atoms with E-state index in [-0.39, 0.29) is 5.91 Å². The number of amidine groups is 1. The number of hydrogen-bond donors (Lipinski definition) is 1. The molecule has 0 radical (unpaired) electrons. The fourth-order valence-electron chi connectivity index (χ4n) is 2.21. The third-order valence-corrected chi connectivity index (χ3v) is 4.58. The molecule has 3 rings (SSSR count). The first kappa shape index (κ1) is 17.4. The molecule has 1 heterocycles. The minimum Gasteiger partial charge on any atom is -0.497 e. The normalized spacial score (nSPS) is 17.0. The van der Waals surface area contributed by atoms with Gasteiger partial charge in [-0.2, -0.15) is 0 Å². The van der Waals surface area contributed by atoms with Crippen molar-refractivity contribution in [1.82, 2.24) is 5.32 Å². The maximum absolute atomic E-state index is 12.2. The number of methoxy groups -OCH3 is 2. The Hall–Kier alpha value is -2.44. The number of aliphatic imine (C=N–C) groups is 1. The number of nitrogens with one attached hydrogen (secondary N) is 1. The maximum Gasteiger partial charge on any atom is 0.264 e. The van der Waals surface area contributed by atoms with Crippen LogP contribution in [0.1, 0.15) is 5.56 Å². The lowest BCUT2D eigenvalue weighted by atomic mass is 10.2. The van der Waals surface area contributed by atoms with Crippen molar-refractivity contribution in [2.45, 2.75) is 0 Å². The van der Waals surface area contributed by atoms with Gasteiger partial charge in [-0.15, -0.1) is 0 Å². The number of nitrogens with zero attached hydrogens (tertiary/aromatic N) is 1. The van der Waals surface area contributed by atoms with Gasteiger partial charge in [0.1, 0.15) is 11.5 Å². The molecule has 2 aromatic rings. The van der Waals surface area contributed by atoms with E-state index in [0.29, 0.717) is 20.8 Å². The highest BCUT2D eigenvalue weighted by atomic mass is 35.5. The molecule has 5 nitrogen and oxygen atoms in total. The van der Waals surface area contributed by atoms with Gasteiger partial charge in [-0.1, -0.05) is 11.6 Å². The number of ether oxygens (including phenoxy) is 2. The van der Waals surface area contributed by atoms with Crippen molar-refractivity contribution in [3.63, 3.8) is 0 Å². The lowest BCUT2D eigenvalue weighted by Gasteiger charge is -2.05. The summed E-state index contributed by atoms with van der Waals surface area (Å²) >= 11 is 7.29. The Morgan fingerprint density at radius 1 is 1.12 bits per heavy atom. The lowest BCUT2D eigenvalue weighted by molar-refractivity contribution is -0.115. The quantitative estimate of drug-likeness (QED) is 0.813. The largest absolute Gasteiger partial charge is 0.497 e. The SMILES string of the molecule is COc1ccc(N=C2NC(=O)/C(=C\c3cc(Cl)ccc3OC)S2)cc1. The number of amides is 1. The molecule has 0 aliphatic carbocycles. The number of thioether (sulfide) groups is 1. The van der Waals surface area contributed by atoms with Gasteiger partial charge < -0.3 is 14.8 Å². The molecule has 0 spiro atoms. The van der Waals surface area contributed by atoms with Crippen molar-refractivity contribution in [2.24, 2.45) is 4.99 Å². The monoisotopic (exact) mass is 374 g/mol. The first-order chi connectivity index (χ1) is 12.1. The Balaban J connectivity index is 1.84. The first-order valence-electron chi connectivity index (χ1n) is 7.36. The van der Waals surface area contributed by atoms with Gasteiger partial charge in [0.05, 0.1) is 24.8 Å². The van der Waals surface area contributed by atoms with Gasteiger partial charge in [0.2, 0.25) is 0 Å². The molecule has 0 unspecified atom stereocenters. The van der Waals surface area contributed by atoms with Gasteiger partial charge in [-0.05, 0) is 60.3 Å². The van der Waals surface area contributed by atoms with Gasteiger partial charge >= 0.3 is 0 Å². The predicted molar refractivity (Wildman–Crippen MR) is 102 cm³/mol. The number of carbonyl (C=O) groups excluding carboxylic acids is 1. The molecule has 1 amide bonds. The summed E-state index contributed by atoms with van der Waals surface area (Å²) in [6.07, 6.45) is 1.74. The molecule has 1 aliphatic rings. The Kier molecular flexibility index (Phi) is 5.31. The van der Waals surface area contributed by atoms with Gasteiger partial charge in [0, 0.05) is 10.6 Å². The molecule has 25 heavy (non-hydrogen) atoms. The third kappa shape index (κ3) is 4.15. The van der Waals surface area contributed by atoms with Crippen LogP contribution in [0.4, 0.5) is 5.69 Å². The van der Waals surface area contributed by atoms with Crippen LogP contribution in [0.5, 0.6) is 11.5 Å². The van der Waals surface area contributed by atoms with Crippen LogP contribution >= 0.6 is 23.4 Å². The second kappa shape index (κ2) is 7.63. The van der Waals surface area contributed by atoms with Crippen LogP contribution in [-0.2, 0) is 4.79 Å². The summed E-state index contributed by atoms with van der Waals surface area (Å²) in [5.41, 5.74) is 1.46. The standard InChI is InChI=1S/C18H15ClN2O3S/c1-23-14-6-4-13(5-7-14)20-18-21-17(22)16(25-18)10-11-9-12(19)3-8-15(11)24-2/h3-10H,1-2H3,(H,20,21,22)/b16-10+. The molecular formula is C18H15ClN2O3S. The summed E-state index contributed by atoms with van der Waals surface area (Å²) in [6.45, 7) is 0. The van der Waals surface area contributed by atoms with E-state index in [2.05, 4.69) is 10.3 Å². The molecule has 0 bridgehead atoms. The molecule has 1 fully saturated rings. The minimum atomic E-state index is -0.209. The van der Waals surface area contributed by atoms with Crippen LogP contribution in [0.2, 0.25) is 5.02 Å². The molecule has 0 aromatic heterocycles. The van der Waals surface area contributed by atoms with E-state index in [9.17, 15) is 4.79 Å². The third-order valence-electron chi connectivity index (χ3n) is 3.43. The second-order valence-electron chi connectivity index (χ2n) is 5.07. The minimum absolute atomic E-state index is 0.209. The summed E-state index contributed by atoms with van der Waals surface area (Å²) in [5, 5.41) is 3.84. The Morgan fingerprint density at radius 2 is 1.88 bits per heavy atom. The van der Waals surface area contributed by atoms with E-state index < -0.39 is 0 Å². The predicted octanol–water partition coefficient (Wildman–Crippen LogP) is 4.25. The fourth-order valence-corrected chi connectivity index (χ4v) is 3.23. The van der Waals surface area contributed by atoms with E-state index in [1.807, 2.05) is 24.3 Å². The number of carbonyl (C=O) groups is 1. The van der Waals surface area contributed by atoms with Gasteiger partial charge in [0.15, 0.2) is 5.17 Å². The van der Waals surface area contributed by atoms with E-state index in [4.69, 9.17) is 21.1 Å². The van der Waals surface area contributed by atoms with Crippen LogP contribution in [0.25, 0.3) is 6.08 Å². The van der Waals surface area contributed by atoms with E-state index in [1.54, 1.807) is 38.5 Å². The summed E-state index contributed by atoms with van der Waals surface area (Å²) in [6, 6.07) is 12.5. The molecule has 0 saturated carbocycles. The van der Waals surface area contributed by atoms with Crippen molar-refractivity contribution < 1.29 is 14.3 Å². The molecule has 2 aromatic carbocycles. The lowest BCUT2D eigenvalue weighted by Crippen LogP contribution is -2.19. The molecule has 1 saturated heterocycles. The first-order valence-corrected chi connectivity index (χ1v) is 8.55. The van der Waals surface area contributed by atoms with Crippen LogP contribution in [0.3, 0.4) is 0 Å². The van der Waals surface area contributed by atoms with Crippen molar-refractivity contribution in [2.75, 3.05) is 14.2 Å². The topological polar surface area (TPSA) is 59.9 Å². The number of halogens is 1. The summed E-state index contributed by atoms with van der Waals surface area (Å²) in [4.78, 5) is 17.1. The van der Waals surface area contributed by atoms with Crippen molar-refractivity contribution >= 4 is 46.2 Å². The Morgan fingerprint density at radius 3 is 2.56 bits per heavy atom. The zero-order valence-electron chi connectivity index (χ0n) is 13.6. The highest BCUT2D eigenvalue weighted by Crippen LogP contribution is 2.32. The van der Waals surface area contributed by atoms with Crippen molar-refractivity contribution in [3.05, 3.63) is 58.0 Å². The highest BCUT2D eigenvalue weighted by Gasteiger charge is 2.24. The Labute approximate surface area is 154 Å². The van der Waals surface area contributed by atoms with Crippen molar-refractivity contribution in [1.29, 1.82) is 0 Å². The molecule has 0 atom stereocenters. The smallest absolute Gasteiger partial charge is 0.264 e. The van der Waals surface area contributed by atoms with Gasteiger partial charge in [-0.25, -0.2) is 4.99 Å². The fraction of sp³-hybridized carbons (Fsp3) is 0.111. The van der Waals surface area contributed by atoms with Gasteiger partial charge in [-0.3, -0.25) is 4.79 Å². The highest BCUT2D eigenvalue weighted by molar-refractivity contribution is 8.18. The molecular weight excluding hydrogens is 360 g/mol. The van der Waals surface area contributed by atoms with Crippen LogP contribution < -0.4 is 14.8 Å². The van der Waals surface area contributed by atoms with Gasteiger partial charge in [0.25, 0.3) is 5.91 Å². The zero-order valence-corrected chi connectivity index (χ0v) is 15.1. The van der Waals surface area contributed by atoms with E-state index in [1.165, 1.54) is 11.8 Å². The molecule has 1 aliphatic heterocycles. The number of benzene rings is 2. The molecule has 1 N–H and O–H groups in total. The summed E-state index contributed by atoms with van der Waals surface area (Å²) in [7, 11) is 3.18. The zero-order chi connectivity index (χ0) is 17.8. The summed E-state index contributed by atoms with van der Waals surface area (Å²) < 4.78 is 10.4. The van der Waals surface area contributed by atoms with Crippen LogP contribution in [-0.4, -0.2) is 25.3 Å². The number of rotatable bonds is 4. The average Bonchev–Trinajstić information content (AvgIpc) is 2.95.